The third-order valence-corrected chi connectivity index (χ3v) is 10.5. The normalized spacial score (nSPS) is 20.1. The Morgan fingerprint density at radius 2 is 1.47 bits per heavy atom. The summed E-state index contributed by atoms with van der Waals surface area (Å²) < 4.78 is 0. The van der Waals surface area contributed by atoms with Gasteiger partial charge in [0, 0.05) is 5.66 Å². The van der Waals surface area contributed by atoms with Gasteiger partial charge in [0.25, 0.3) is 0 Å². The molecule has 4 rings (SSSR count). The predicted octanol–water partition coefficient (Wildman–Crippen LogP) is 8.90. The highest BCUT2D eigenvalue weighted by Crippen LogP contribution is 2.57. The Morgan fingerprint density at radius 1 is 0.812 bits per heavy atom. The molecule has 0 fully saturated rings. The van der Waals surface area contributed by atoms with Crippen LogP contribution < -0.4 is 0 Å². The highest BCUT2D eigenvalue weighted by molar-refractivity contribution is 7.60. The van der Waals surface area contributed by atoms with Crippen molar-refractivity contribution in [2.75, 3.05) is 6.16 Å². The summed E-state index contributed by atoms with van der Waals surface area (Å²) in [6.07, 6.45) is 3.78. The molecule has 0 saturated carbocycles. The maximum Gasteiger partial charge on any atom is 0.0199 e. The lowest BCUT2D eigenvalue weighted by molar-refractivity contribution is 0.621. The van der Waals surface area contributed by atoms with Crippen LogP contribution in [0.15, 0.2) is 66.7 Å². The lowest BCUT2D eigenvalue weighted by Crippen LogP contribution is -2.20. The zero-order chi connectivity index (χ0) is 22.8. The van der Waals surface area contributed by atoms with Gasteiger partial charge in [-0.15, -0.1) is 7.55 Å². The van der Waals surface area contributed by atoms with Gasteiger partial charge < -0.3 is 0 Å². The van der Waals surface area contributed by atoms with E-state index in [1.807, 2.05) is 0 Å². The second kappa shape index (κ2) is 9.76. The van der Waals surface area contributed by atoms with Crippen molar-refractivity contribution >= 4 is 12.8 Å². The molecule has 32 heavy (non-hydrogen) atoms. The third kappa shape index (κ3) is 4.92. The number of hydrogen-bond donors (Lipinski definition) is 0. The summed E-state index contributed by atoms with van der Waals surface area (Å²) in [5, 5.41) is 1.75. The zero-order valence-corrected chi connectivity index (χ0v) is 21.5. The molecule has 3 unspecified atom stereocenters. The highest BCUT2D eigenvalue weighted by Gasteiger charge is 2.32. The molecule has 1 heterocycles. The highest BCUT2D eigenvalue weighted by atomic mass is 31.1. The smallest absolute Gasteiger partial charge is 0.0199 e. The monoisotopic (exact) mass is 441 g/mol. The van der Waals surface area contributed by atoms with E-state index in [-0.39, 0.29) is 7.55 Å². The van der Waals surface area contributed by atoms with Crippen LogP contribution in [-0.4, -0.2) is 11.5 Å². The number of hydrogen-bond acceptors (Lipinski definition) is 0. The summed E-state index contributed by atoms with van der Waals surface area (Å²) in [5.74, 6) is 1.30. The average molecular weight is 442 g/mol. The third-order valence-electron chi connectivity index (χ3n) is 6.98. The van der Waals surface area contributed by atoms with Crippen LogP contribution in [-0.2, 0) is 0 Å². The summed E-state index contributed by atoms with van der Waals surface area (Å²) in [5.41, 5.74) is 10.9. The molecular formula is C31H38P. The SMILES string of the molecule is Cc1ccc(C2=[P](CC(C)C)C(c3ccc(C)cc3C)CC(c3ccccc3)C2)c(C)c1. The molecule has 0 saturated heterocycles. The summed E-state index contributed by atoms with van der Waals surface area (Å²) in [4.78, 5) is 0. The van der Waals surface area contributed by atoms with E-state index in [4.69, 9.17) is 0 Å². The molecule has 0 bridgehead atoms. The number of benzene rings is 3. The zero-order valence-electron chi connectivity index (χ0n) is 20.7. The van der Waals surface area contributed by atoms with Crippen LogP contribution in [0.25, 0.3) is 0 Å². The quantitative estimate of drug-likeness (QED) is 0.347. The van der Waals surface area contributed by atoms with Crippen molar-refractivity contribution in [2.45, 2.75) is 66.0 Å². The van der Waals surface area contributed by atoms with Crippen LogP contribution in [0.4, 0.5) is 0 Å². The topological polar surface area (TPSA) is 0 Å². The van der Waals surface area contributed by atoms with Crippen LogP contribution in [0, 0.1) is 33.6 Å². The molecule has 1 radical (unpaired) electrons. The summed E-state index contributed by atoms with van der Waals surface area (Å²) in [6.45, 7) is 13.9. The van der Waals surface area contributed by atoms with Crippen molar-refractivity contribution in [3.8, 4) is 0 Å². The van der Waals surface area contributed by atoms with Gasteiger partial charge in [-0.3, -0.25) is 0 Å². The Balaban J connectivity index is 1.93. The Labute approximate surface area is 196 Å². The summed E-state index contributed by atoms with van der Waals surface area (Å²) >= 11 is 0. The molecule has 3 aromatic carbocycles. The van der Waals surface area contributed by atoms with Crippen molar-refractivity contribution in [1.29, 1.82) is 0 Å². The van der Waals surface area contributed by atoms with Gasteiger partial charge in [0.2, 0.25) is 0 Å². The molecule has 0 nitrogen and oxygen atoms in total. The van der Waals surface area contributed by atoms with E-state index < -0.39 is 0 Å². The second-order valence-electron chi connectivity index (χ2n) is 10.2. The largest absolute Gasteiger partial charge is 0.137 e. The van der Waals surface area contributed by atoms with Gasteiger partial charge in [-0.25, -0.2) is 0 Å². The molecule has 3 atom stereocenters. The average Bonchev–Trinajstić information content (AvgIpc) is 2.75. The minimum Gasteiger partial charge on any atom is -0.137 e. The lowest BCUT2D eigenvalue weighted by Gasteiger charge is -2.37. The van der Waals surface area contributed by atoms with E-state index in [0.717, 1.165) is 0 Å². The maximum atomic E-state index is 2.44. The van der Waals surface area contributed by atoms with E-state index in [1.54, 1.807) is 10.9 Å². The predicted molar refractivity (Wildman–Crippen MR) is 144 cm³/mol. The maximum absolute atomic E-state index is 2.44. The molecular weight excluding hydrogens is 403 g/mol. The molecule has 1 aliphatic heterocycles. The van der Waals surface area contributed by atoms with Crippen LogP contribution in [0.2, 0.25) is 0 Å². The minimum atomic E-state index is -0.243. The van der Waals surface area contributed by atoms with Crippen molar-refractivity contribution in [1.82, 2.24) is 0 Å². The fourth-order valence-corrected chi connectivity index (χ4v) is 9.31. The van der Waals surface area contributed by atoms with E-state index in [9.17, 15) is 0 Å². The Hall–Kier alpha value is -2.17. The van der Waals surface area contributed by atoms with E-state index >= 15 is 0 Å². The van der Waals surface area contributed by atoms with Crippen LogP contribution in [0.3, 0.4) is 0 Å². The van der Waals surface area contributed by atoms with E-state index in [0.29, 0.717) is 17.5 Å². The second-order valence-corrected chi connectivity index (χ2v) is 12.7. The van der Waals surface area contributed by atoms with Gasteiger partial charge in [-0.2, -0.15) is 0 Å². The number of rotatable bonds is 5. The van der Waals surface area contributed by atoms with Gasteiger partial charge in [0.05, 0.1) is 0 Å². The van der Waals surface area contributed by atoms with Gasteiger partial charge in [0.1, 0.15) is 0 Å². The molecule has 0 aromatic heterocycles. The summed E-state index contributed by atoms with van der Waals surface area (Å²) in [7, 11) is -0.243. The first-order valence-electron chi connectivity index (χ1n) is 12.2. The van der Waals surface area contributed by atoms with Crippen LogP contribution >= 0.6 is 7.55 Å². The molecule has 0 spiro atoms. The van der Waals surface area contributed by atoms with Crippen molar-refractivity contribution in [3.63, 3.8) is 0 Å². The first kappa shape index (κ1) is 23.0. The first-order chi connectivity index (χ1) is 15.3. The Bertz CT molecular complexity index is 1120. The van der Waals surface area contributed by atoms with E-state index in [2.05, 4.69) is 108 Å². The van der Waals surface area contributed by atoms with Crippen molar-refractivity contribution in [2.24, 2.45) is 5.92 Å². The van der Waals surface area contributed by atoms with Gasteiger partial charge >= 0.3 is 0 Å². The molecule has 3 aromatic rings. The molecule has 1 heteroatoms. The van der Waals surface area contributed by atoms with Gasteiger partial charge in [-0.05, 0) is 91.6 Å². The number of aryl methyl sites for hydroxylation is 4. The fourth-order valence-electron chi connectivity index (χ4n) is 5.53. The van der Waals surface area contributed by atoms with Gasteiger partial charge in [-0.1, -0.05) is 91.7 Å². The Morgan fingerprint density at radius 3 is 2.09 bits per heavy atom. The molecule has 0 N–H and O–H groups in total. The van der Waals surface area contributed by atoms with Gasteiger partial charge in [0.15, 0.2) is 0 Å². The molecule has 0 amide bonds. The Kier molecular flexibility index (Phi) is 7.02. The molecule has 1 aliphatic rings. The van der Waals surface area contributed by atoms with Crippen molar-refractivity contribution < 1.29 is 0 Å². The standard InChI is InChI=1S/C31H38P/c1-21(2)20-32-30(28-14-12-22(3)16-24(28)5)18-27(26-10-8-7-9-11-26)19-31(32)29-15-13-23(4)17-25(29)6/h7-17,21,27,30H,18-20H2,1-6H3. The van der Waals surface area contributed by atoms with E-state index in [1.165, 1.54) is 52.4 Å². The van der Waals surface area contributed by atoms with Crippen LogP contribution in [0.5, 0.6) is 0 Å². The molecule has 0 aliphatic carbocycles. The summed E-state index contributed by atoms with van der Waals surface area (Å²) in [6, 6.07) is 25.5. The van der Waals surface area contributed by atoms with Crippen molar-refractivity contribution in [3.05, 3.63) is 106 Å². The lowest BCUT2D eigenvalue weighted by atomic mass is 9.85. The first-order valence-corrected chi connectivity index (χ1v) is 13.7. The minimum absolute atomic E-state index is 0.243. The molecule has 167 valence electrons. The van der Waals surface area contributed by atoms with Crippen LogP contribution in [0.1, 0.15) is 77.2 Å². The fraction of sp³-hybridized carbons (Fsp3) is 0.387.